The lowest BCUT2D eigenvalue weighted by molar-refractivity contribution is -0.310. The number of aromatic nitrogens is 2. The van der Waals surface area contributed by atoms with Crippen LogP contribution in [0.2, 0.25) is 0 Å². The Morgan fingerprint density at radius 1 is 1.26 bits per heavy atom. The number of carboxylic acid groups (broad SMARTS) is 2. The number of anilines is 4. The normalized spacial score (nSPS) is 15.3. The van der Waals surface area contributed by atoms with Crippen molar-refractivity contribution in [3.05, 3.63) is 40.2 Å². The van der Waals surface area contributed by atoms with Crippen molar-refractivity contribution in [2.24, 2.45) is 0 Å². The van der Waals surface area contributed by atoms with Gasteiger partial charge in [-0.05, 0) is 43.5 Å². The summed E-state index contributed by atoms with van der Waals surface area (Å²) in [7, 11) is 0. The highest BCUT2D eigenvalue weighted by molar-refractivity contribution is 5.96. The average molecular weight is 485 g/mol. The topological polar surface area (TPSA) is 225 Å². The summed E-state index contributed by atoms with van der Waals surface area (Å²) < 4.78 is 0. The van der Waals surface area contributed by atoms with Gasteiger partial charge in [-0.2, -0.15) is 4.98 Å². The number of rotatable bonds is 11. The quantitative estimate of drug-likeness (QED) is 0.201. The van der Waals surface area contributed by atoms with Crippen LogP contribution in [0.3, 0.4) is 0 Å². The number of aromatic amines is 1. The second-order valence-corrected chi connectivity index (χ2v) is 7.76. The van der Waals surface area contributed by atoms with Crippen LogP contribution in [-0.4, -0.2) is 59.4 Å². The lowest BCUT2D eigenvalue weighted by atomic mass is 10.1. The second-order valence-electron chi connectivity index (χ2n) is 7.76. The summed E-state index contributed by atoms with van der Waals surface area (Å²) in [5.41, 5.74) is 5.82. The summed E-state index contributed by atoms with van der Waals surface area (Å²) in [4.78, 5) is 65.6. The van der Waals surface area contributed by atoms with E-state index < -0.39 is 35.5 Å². The molecule has 186 valence electrons. The van der Waals surface area contributed by atoms with Crippen LogP contribution in [0.5, 0.6) is 0 Å². The Bertz CT molecular complexity index is 1170. The maximum Gasteiger partial charge on any atom is 0.278 e. The number of carbonyl (C=O) groups is 4. The first-order valence-corrected chi connectivity index (χ1v) is 10.6. The van der Waals surface area contributed by atoms with E-state index in [1.807, 2.05) is 0 Å². The van der Waals surface area contributed by atoms with Crippen LogP contribution >= 0.6 is 0 Å². The molecule has 0 saturated heterocycles. The zero-order valence-electron chi connectivity index (χ0n) is 18.4. The van der Waals surface area contributed by atoms with E-state index in [4.69, 9.17) is 5.73 Å². The predicted molar refractivity (Wildman–Crippen MR) is 120 cm³/mol. The Balaban J connectivity index is 1.59. The standard InChI is InChI=1S/C21H25N7O7/c22-21-26-17-16(19(33)27-21)28(10-29)13(9-24-17)8-23-12-6-4-11(5-7-12)18(32)25-14(20(34)35)2-1-3-15(30)31/h4-7,10,13-14,23H,1-3,8-9H2,(H,25,32)(H,30,31)(H,34,35)(H4,22,24,26,27,33)/p-2/t13-,14+/m0/s1. The zero-order valence-corrected chi connectivity index (χ0v) is 18.4. The fourth-order valence-corrected chi connectivity index (χ4v) is 3.57. The number of benzene rings is 1. The molecule has 0 radical (unpaired) electrons. The Labute approximate surface area is 198 Å². The molecule has 1 aliphatic rings. The van der Waals surface area contributed by atoms with Gasteiger partial charge in [-0.1, -0.05) is 0 Å². The number of nitrogens with zero attached hydrogens (tertiary/aromatic N) is 2. The van der Waals surface area contributed by atoms with E-state index in [1.54, 1.807) is 12.1 Å². The maximum atomic E-state index is 12.4. The minimum atomic E-state index is -1.52. The third kappa shape index (κ3) is 6.25. The smallest absolute Gasteiger partial charge is 0.278 e. The van der Waals surface area contributed by atoms with Crippen LogP contribution in [0.1, 0.15) is 29.6 Å². The number of aliphatic carboxylic acids is 2. The maximum absolute atomic E-state index is 12.4. The molecule has 0 spiro atoms. The van der Waals surface area contributed by atoms with Gasteiger partial charge in [0.05, 0.1) is 18.1 Å². The highest BCUT2D eigenvalue weighted by atomic mass is 16.4. The lowest BCUT2D eigenvalue weighted by Gasteiger charge is -2.34. The monoisotopic (exact) mass is 485 g/mol. The first kappa shape index (κ1) is 25.0. The molecule has 0 unspecified atom stereocenters. The van der Waals surface area contributed by atoms with Crippen molar-refractivity contribution in [3.63, 3.8) is 0 Å². The second kappa shape index (κ2) is 11.0. The van der Waals surface area contributed by atoms with Gasteiger partial charge in [0, 0.05) is 30.3 Å². The molecule has 1 aromatic heterocycles. The van der Waals surface area contributed by atoms with Gasteiger partial charge < -0.3 is 46.4 Å². The van der Waals surface area contributed by atoms with E-state index in [2.05, 4.69) is 25.9 Å². The molecule has 14 nitrogen and oxygen atoms in total. The van der Waals surface area contributed by atoms with Gasteiger partial charge in [0.1, 0.15) is 0 Å². The highest BCUT2D eigenvalue weighted by Crippen LogP contribution is 2.25. The number of hydrogen-bond acceptors (Lipinski definition) is 11. The van der Waals surface area contributed by atoms with Crippen molar-refractivity contribution in [2.45, 2.75) is 31.3 Å². The van der Waals surface area contributed by atoms with E-state index in [-0.39, 0.29) is 48.8 Å². The van der Waals surface area contributed by atoms with Crippen molar-refractivity contribution in [2.75, 3.05) is 34.4 Å². The summed E-state index contributed by atoms with van der Waals surface area (Å²) in [6, 6.07) is 4.33. The number of carboxylic acids is 2. The first-order valence-electron chi connectivity index (χ1n) is 10.6. The van der Waals surface area contributed by atoms with E-state index in [9.17, 15) is 34.2 Å². The summed E-state index contributed by atoms with van der Waals surface area (Å²) in [6.07, 6.45) is 0.103. The number of H-pyrrole nitrogens is 1. The Hall–Kier alpha value is -4.62. The number of nitrogens with one attached hydrogen (secondary N) is 4. The van der Waals surface area contributed by atoms with Crippen LogP contribution in [0.25, 0.3) is 0 Å². The van der Waals surface area contributed by atoms with Gasteiger partial charge in [-0.3, -0.25) is 19.4 Å². The van der Waals surface area contributed by atoms with Crippen molar-refractivity contribution < 1.29 is 29.4 Å². The van der Waals surface area contributed by atoms with Gasteiger partial charge in [0.25, 0.3) is 11.5 Å². The van der Waals surface area contributed by atoms with Crippen LogP contribution in [0, 0.1) is 0 Å². The molecule has 0 fully saturated rings. The first-order chi connectivity index (χ1) is 16.7. The molecular formula is C21H23N7O7-2. The molecule has 0 saturated carbocycles. The molecule has 1 aliphatic heterocycles. The average Bonchev–Trinajstić information content (AvgIpc) is 2.81. The number of carbonyl (C=O) groups excluding carboxylic acids is 4. The van der Waals surface area contributed by atoms with Crippen molar-refractivity contribution in [3.8, 4) is 0 Å². The van der Waals surface area contributed by atoms with Gasteiger partial charge in [-0.25, -0.2) is 0 Å². The largest absolute Gasteiger partial charge is 0.550 e. The molecule has 2 amide bonds. The van der Waals surface area contributed by atoms with Gasteiger partial charge in [0.15, 0.2) is 11.5 Å². The molecule has 1 aromatic carbocycles. The molecule has 2 aromatic rings. The molecule has 14 heteroatoms. The van der Waals surface area contributed by atoms with Gasteiger partial charge in [0.2, 0.25) is 12.4 Å². The van der Waals surface area contributed by atoms with E-state index >= 15 is 0 Å². The third-order valence-corrected chi connectivity index (χ3v) is 5.34. The Morgan fingerprint density at radius 2 is 1.97 bits per heavy atom. The fraction of sp³-hybridized carbons (Fsp3) is 0.333. The van der Waals surface area contributed by atoms with Crippen molar-refractivity contribution >= 4 is 47.4 Å². The zero-order chi connectivity index (χ0) is 25.5. The van der Waals surface area contributed by atoms with Crippen molar-refractivity contribution in [1.82, 2.24) is 15.3 Å². The Kier molecular flexibility index (Phi) is 7.86. The molecule has 0 aliphatic carbocycles. The summed E-state index contributed by atoms with van der Waals surface area (Å²) in [5, 5.41) is 30.1. The molecule has 2 atom stereocenters. The van der Waals surface area contributed by atoms with Crippen molar-refractivity contribution in [1.29, 1.82) is 0 Å². The minimum Gasteiger partial charge on any atom is -0.550 e. The summed E-state index contributed by atoms with van der Waals surface area (Å²) >= 11 is 0. The number of nitrogens with two attached hydrogens (primary N) is 1. The molecular weight excluding hydrogens is 462 g/mol. The number of nitrogen functional groups attached to an aromatic ring is 1. The van der Waals surface area contributed by atoms with Gasteiger partial charge >= 0.3 is 0 Å². The number of fused-ring (bicyclic) bond motifs is 1. The van der Waals surface area contributed by atoms with E-state index in [0.717, 1.165) is 0 Å². The SMILES string of the molecule is Nc1nc2c(c(=O)[nH]1)N(C=O)[C@@H](CNc1ccc(C(=O)N[C@H](CCCC(=O)[O-])C(=O)[O-])cc1)CN2. The molecule has 35 heavy (non-hydrogen) atoms. The number of hydrogen-bond donors (Lipinski definition) is 5. The Morgan fingerprint density at radius 3 is 2.60 bits per heavy atom. The van der Waals surface area contributed by atoms with Crippen LogP contribution in [0.4, 0.5) is 23.1 Å². The number of amides is 2. The molecule has 2 heterocycles. The lowest BCUT2D eigenvalue weighted by Crippen LogP contribution is -2.50. The van der Waals surface area contributed by atoms with Crippen LogP contribution in [-0.2, 0) is 14.4 Å². The minimum absolute atomic E-state index is 0.0116. The summed E-state index contributed by atoms with van der Waals surface area (Å²) in [6.45, 7) is 0.559. The fourth-order valence-electron chi connectivity index (χ4n) is 3.57. The van der Waals surface area contributed by atoms with Crippen LogP contribution < -0.4 is 42.4 Å². The van der Waals surface area contributed by atoms with Gasteiger partial charge in [-0.15, -0.1) is 0 Å². The van der Waals surface area contributed by atoms with E-state index in [1.165, 1.54) is 17.0 Å². The van der Waals surface area contributed by atoms with Crippen LogP contribution in [0.15, 0.2) is 29.1 Å². The highest BCUT2D eigenvalue weighted by Gasteiger charge is 2.29. The summed E-state index contributed by atoms with van der Waals surface area (Å²) in [5.74, 6) is -3.36. The third-order valence-electron chi connectivity index (χ3n) is 5.34. The predicted octanol–water partition coefficient (Wildman–Crippen LogP) is -3.01. The molecule has 0 bridgehead atoms. The van der Waals surface area contributed by atoms with E-state index in [0.29, 0.717) is 18.6 Å². The molecule has 6 N–H and O–H groups in total. The molecule has 3 rings (SSSR count).